The standard InChI is InChI=1S/C58H62N4/c1-55(2,3)43-33-40(34-44(36-43)60-38-61(51-27-18-17-26-50(51)60)54-47(56(4,5)6)23-19-24-48(54)57(7,8)9)32-39-28-29-46-45-22-15-16-25-49(45)62(52(46)35-39)53-37-42(30-31-59-53)58(10,11)41-20-13-12-14-21-41/h12-31,33-37H,32,38H2,1-11H3. The van der Waals surface area contributed by atoms with E-state index in [1.54, 1.807) is 0 Å². The first kappa shape index (κ1) is 41.2. The van der Waals surface area contributed by atoms with E-state index in [0.29, 0.717) is 0 Å². The van der Waals surface area contributed by atoms with Gasteiger partial charge in [0.15, 0.2) is 0 Å². The van der Waals surface area contributed by atoms with Gasteiger partial charge in [0.2, 0.25) is 0 Å². The van der Waals surface area contributed by atoms with Crippen molar-refractivity contribution in [2.45, 2.75) is 104 Å². The first-order chi connectivity index (χ1) is 29.4. The zero-order valence-electron chi connectivity index (χ0n) is 38.6. The Morgan fingerprint density at radius 3 is 1.77 bits per heavy atom. The molecule has 4 heteroatoms. The summed E-state index contributed by atoms with van der Waals surface area (Å²) in [6.45, 7) is 26.4. The highest BCUT2D eigenvalue weighted by Crippen LogP contribution is 2.50. The van der Waals surface area contributed by atoms with E-state index in [9.17, 15) is 0 Å². The molecule has 4 nitrogen and oxygen atoms in total. The second-order valence-electron chi connectivity index (χ2n) is 21.1. The van der Waals surface area contributed by atoms with Crippen molar-refractivity contribution in [3.8, 4) is 5.82 Å². The molecule has 0 aliphatic carbocycles. The first-order valence-electron chi connectivity index (χ1n) is 22.4. The molecule has 0 fully saturated rings. The van der Waals surface area contributed by atoms with Crippen molar-refractivity contribution in [1.29, 1.82) is 0 Å². The van der Waals surface area contributed by atoms with Crippen molar-refractivity contribution in [2.24, 2.45) is 0 Å². The summed E-state index contributed by atoms with van der Waals surface area (Å²) in [4.78, 5) is 10.2. The van der Waals surface area contributed by atoms with Gasteiger partial charge in [0.1, 0.15) is 12.5 Å². The van der Waals surface area contributed by atoms with Gasteiger partial charge in [0.25, 0.3) is 0 Å². The van der Waals surface area contributed by atoms with Gasteiger partial charge in [0, 0.05) is 28.1 Å². The maximum atomic E-state index is 5.03. The SMILES string of the molecule is CC(C)(C)c1cc(Cc2ccc3c4ccccc4n(-c4cc(C(C)(C)c5ccccc5)ccn4)c3c2)cc(N2CN(c3c(C(C)(C)C)cccc3C(C)(C)C)c3ccccc32)c1. The van der Waals surface area contributed by atoms with Gasteiger partial charge in [0.05, 0.1) is 28.1 Å². The van der Waals surface area contributed by atoms with Gasteiger partial charge in [-0.05, 0) is 110 Å². The van der Waals surface area contributed by atoms with Crippen molar-refractivity contribution in [3.63, 3.8) is 0 Å². The third kappa shape index (κ3) is 7.38. The molecule has 1 aliphatic rings. The predicted molar refractivity (Wildman–Crippen MR) is 265 cm³/mol. The van der Waals surface area contributed by atoms with Gasteiger partial charge in [-0.1, -0.05) is 173 Å². The van der Waals surface area contributed by atoms with Crippen molar-refractivity contribution in [2.75, 3.05) is 16.5 Å². The zero-order valence-corrected chi connectivity index (χ0v) is 38.6. The van der Waals surface area contributed by atoms with E-state index in [-0.39, 0.29) is 21.7 Å². The van der Waals surface area contributed by atoms with Crippen LogP contribution < -0.4 is 9.80 Å². The molecule has 0 amide bonds. The molecule has 6 aromatic carbocycles. The molecule has 8 aromatic rings. The van der Waals surface area contributed by atoms with E-state index in [0.717, 1.165) is 18.9 Å². The third-order valence-electron chi connectivity index (χ3n) is 13.2. The lowest BCUT2D eigenvalue weighted by Crippen LogP contribution is -2.30. The third-order valence-corrected chi connectivity index (χ3v) is 13.2. The Bertz CT molecular complexity index is 2910. The summed E-state index contributed by atoms with van der Waals surface area (Å²) in [7, 11) is 0. The number of pyridine rings is 1. The van der Waals surface area contributed by atoms with Crippen molar-refractivity contribution in [1.82, 2.24) is 9.55 Å². The highest BCUT2D eigenvalue weighted by Gasteiger charge is 2.35. The summed E-state index contributed by atoms with van der Waals surface area (Å²) in [6, 6.07) is 54.2. The molecule has 2 aromatic heterocycles. The molecule has 0 bridgehead atoms. The topological polar surface area (TPSA) is 24.3 Å². The summed E-state index contributed by atoms with van der Waals surface area (Å²) in [5.41, 5.74) is 16.3. The molecule has 0 atom stereocenters. The molecule has 0 N–H and O–H groups in total. The number of hydrogen-bond acceptors (Lipinski definition) is 3. The Hall–Kier alpha value is -6.13. The number of fused-ring (bicyclic) bond motifs is 4. The van der Waals surface area contributed by atoms with Crippen molar-refractivity contribution >= 4 is 44.6 Å². The zero-order chi connectivity index (χ0) is 43.8. The average Bonchev–Trinajstić information content (AvgIpc) is 3.79. The van der Waals surface area contributed by atoms with E-state index < -0.39 is 0 Å². The minimum absolute atomic E-state index is 0.0251. The Kier molecular flexibility index (Phi) is 10.0. The fraction of sp³-hybridized carbons (Fsp3) is 0.293. The average molecular weight is 815 g/mol. The Labute approximate surface area is 369 Å². The van der Waals surface area contributed by atoms with Gasteiger partial charge in [-0.25, -0.2) is 4.98 Å². The molecule has 9 rings (SSSR count). The van der Waals surface area contributed by atoms with Crippen LogP contribution in [-0.2, 0) is 28.1 Å². The second kappa shape index (κ2) is 15.0. The minimum Gasteiger partial charge on any atom is -0.321 e. The minimum atomic E-state index is -0.184. The monoisotopic (exact) mass is 814 g/mol. The Balaban J connectivity index is 1.14. The maximum absolute atomic E-state index is 5.03. The van der Waals surface area contributed by atoms with Crippen LogP contribution >= 0.6 is 0 Å². The quantitative estimate of drug-likeness (QED) is 0.160. The molecular weight excluding hydrogens is 753 g/mol. The number of para-hydroxylation sites is 4. The Morgan fingerprint density at radius 1 is 0.468 bits per heavy atom. The lowest BCUT2D eigenvalue weighted by atomic mass is 9.78. The number of rotatable bonds is 7. The molecule has 0 spiro atoms. The van der Waals surface area contributed by atoms with Gasteiger partial charge in [-0.2, -0.15) is 0 Å². The van der Waals surface area contributed by atoms with Crippen LogP contribution in [0.5, 0.6) is 0 Å². The number of aromatic nitrogens is 2. The molecule has 0 radical (unpaired) electrons. The molecule has 3 heterocycles. The van der Waals surface area contributed by atoms with Crippen LogP contribution in [0.25, 0.3) is 27.6 Å². The molecule has 1 aliphatic heterocycles. The predicted octanol–water partition coefficient (Wildman–Crippen LogP) is 15.2. The van der Waals surface area contributed by atoms with Crippen molar-refractivity contribution < 1.29 is 0 Å². The highest BCUT2D eigenvalue weighted by molar-refractivity contribution is 6.09. The number of hydrogen-bond donors (Lipinski definition) is 0. The summed E-state index contributed by atoms with van der Waals surface area (Å²) in [6.07, 6.45) is 2.78. The molecule has 0 saturated carbocycles. The fourth-order valence-electron chi connectivity index (χ4n) is 9.60. The summed E-state index contributed by atoms with van der Waals surface area (Å²) in [5, 5.41) is 2.47. The van der Waals surface area contributed by atoms with Crippen LogP contribution in [-0.4, -0.2) is 16.2 Å². The normalized spacial score (nSPS) is 13.7. The van der Waals surface area contributed by atoms with Crippen LogP contribution in [0.1, 0.15) is 115 Å². The summed E-state index contributed by atoms with van der Waals surface area (Å²) >= 11 is 0. The second-order valence-corrected chi connectivity index (χ2v) is 21.1. The van der Waals surface area contributed by atoms with E-state index in [1.165, 1.54) is 83.5 Å². The molecule has 0 unspecified atom stereocenters. The molecule has 62 heavy (non-hydrogen) atoms. The Morgan fingerprint density at radius 2 is 1.10 bits per heavy atom. The lowest BCUT2D eigenvalue weighted by molar-refractivity contribution is 0.568. The summed E-state index contributed by atoms with van der Waals surface area (Å²) in [5.74, 6) is 0.937. The van der Waals surface area contributed by atoms with Crippen LogP contribution in [0, 0.1) is 0 Å². The van der Waals surface area contributed by atoms with Crippen LogP contribution in [0.15, 0.2) is 152 Å². The first-order valence-corrected chi connectivity index (χ1v) is 22.4. The molecule has 0 saturated heterocycles. The number of benzene rings is 6. The van der Waals surface area contributed by atoms with E-state index in [1.807, 2.05) is 6.20 Å². The van der Waals surface area contributed by atoms with Gasteiger partial charge < -0.3 is 9.80 Å². The van der Waals surface area contributed by atoms with Crippen LogP contribution in [0.2, 0.25) is 0 Å². The van der Waals surface area contributed by atoms with E-state index in [4.69, 9.17) is 4.98 Å². The van der Waals surface area contributed by atoms with Gasteiger partial charge in [-0.3, -0.25) is 4.57 Å². The smallest absolute Gasteiger partial charge is 0.137 e. The summed E-state index contributed by atoms with van der Waals surface area (Å²) < 4.78 is 2.37. The largest absolute Gasteiger partial charge is 0.321 e. The van der Waals surface area contributed by atoms with Gasteiger partial charge in [-0.15, -0.1) is 0 Å². The molecular formula is C58H62N4. The number of anilines is 4. The fourth-order valence-corrected chi connectivity index (χ4v) is 9.60. The maximum Gasteiger partial charge on any atom is 0.137 e. The van der Waals surface area contributed by atoms with Crippen LogP contribution in [0.4, 0.5) is 22.7 Å². The molecule has 314 valence electrons. The van der Waals surface area contributed by atoms with E-state index in [2.05, 4.69) is 236 Å². The van der Waals surface area contributed by atoms with E-state index >= 15 is 0 Å². The van der Waals surface area contributed by atoms with Crippen LogP contribution in [0.3, 0.4) is 0 Å². The number of nitrogens with zero attached hydrogens (tertiary/aromatic N) is 4. The van der Waals surface area contributed by atoms with Crippen molar-refractivity contribution in [3.05, 3.63) is 191 Å². The van der Waals surface area contributed by atoms with Gasteiger partial charge >= 0.3 is 0 Å². The highest BCUT2D eigenvalue weighted by atomic mass is 15.4. The lowest BCUT2D eigenvalue weighted by Gasteiger charge is -2.35.